The maximum absolute atomic E-state index is 13.7. The fourth-order valence-corrected chi connectivity index (χ4v) is 5.99. The Hall–Kier alpha value is -3.97. The molecule has 4 aromatic rings. The Balaban J connectivity index is 1.45. The van der Waals surface area contributed by atoms with E-state index in [0.29, 0.717) is 22.1 Å². The van der Waals surface area contributed by atoms with Gasteiger partial charge in [-0.1, -0.05) is 37.1 Å². The van der Waals surface area contributed by atoms with Crippen LogP contribution < -0.4 is 5.32 Å². The third-order valence-electron chi connectivity index (χ3n) is 6.87. The molecule has 2 aromatic heterocycles. The molecule has 0 unspecified atom stereocenters. The van der Waals surface area contributed by atoms with Gasteiger partial charge in [-0.2, -0.15) is 0 Å². The Morgan fingerprint density at radius 2 is 1.74 bits per heavy atom. The summed E-state index contributed by atoms with van der Waals surface area (Å²) in [5.74, 6) is 0.0904. The van der Waals surface area contributed by atoms with E-state index in [1.54, 1.807) is 41.8 Å². The first-order valence-electron chi connectivity index (χ1n) is 12.9. The average Bonchev–Trinajstić information content (AvgIpc) is 3.49. The normalized spacial score (nSPS) is 13.6. The van der Waals surface area contributed by atoms with Crippen LogP contribution in [0, 0.1) is 13.8 Å². The van der Waals surface area contributed by atoms with Crippen LogP contribution in [0.2, 0.25) is 0 Å². The molecule has 0 saturated heterocycles. The summed E-state index contributed by atoms with van der Waals surface area (Å²) >= 11 is 1.60. The topological polar surface area (TPSA) is 91.9 Å². The van der Waals surface area contributed by atoms with Gasteiger partial charge in [0.2, 0.25) is 0 Å². The lowest BCUT2D eigenvalue weighted by molar-refractivity contribution is 0.0696. The first-order valence-corrected chi connectivity index (χ1v) is 13.7. The van der Waals surface area contributed by atoms with Crippen molar-refractivity contribution in [2.75, 3.05) is 5.32 Å². The highest BCUT2D eigenvalue weighted by molar-refractivity contribution is 7.16. The van der Waals surface area contributed by atoms with Crippen molar-refractivity contribution in [3.8, 4) is 11.3 Å². The van der Waals surface area contributed by atoms with E-state index in [-0.39, 0.29) is 11.5 Å². The van der Waals surface area contributed by atoms with Crippen LogP contribution in [0.5, 0.6) is 0 Å². The number of aromatic carboxylic acids is 1. The summed E-state index contributed by atoms with van der Waals surface area (Å²) in [6.45, 7) is 4.01. The lowest BCUT2D eigenvalue weighted by Crippen LogP contribution is -2.15. The molecule has 0 aliphatic heterocycles. The number of hydrogen-bond donors (Lipinski definition) is 2. The van der Waals surface area contributed by atoms with Crippen LogP contribution in [-0.2, 0) is 12.8 Å². The molecule has 0 saturated carbocycles. The predicted octanol–water partition coefficient (Wildman–Crippen LogP) is 7.99. The SMILES string of the molecule is Cc1ccc(C)c(NC(=O)c2c(N=Cc3ccc(-c4ccc(C(=O)O)cc4)o3)sc3c2CCCCCC3)c1. The Labute approximate surface area is 226 Å². The smallest absolute Gasteiger partial charge is 0.335 e. The number of benzene rings is 2. The van der Waals surface area contributed by atoms with Gasteiger partial charge in [0.15, 0.2) is 0 Å². The molecule has 1 aliphatic rings. The molecule has 0 atom stereocenters. The number of thiophene rings is 1. The molecule has 2 N–H and O–H groups in total. The van der Waals surface area contributed by atoms with Crippen molar-refractivity contribution in [2.45, 2.75) is 52.4 Å². The maximum atomic E-state index is 13.7. The van der Waals surface area contributed by atoms with E-state index in [1.165, 1.54) is 17.7 Å². The highest BCUT2D eigenvalue weighted by Gasteiger charge is 2.24. The monoisotopic (exact) mass is 526 g/mol. The van der Waals surface area contributed by atoms with Crippen molar-refractivity contribution < 1.29 is 19.1 Å². The number of amides is 1. The number of fused-ring (bicyclic) bond motifs is 1. The zero-order chi connectivity index (χ0) is 26.6. The maximum Gasteiger partial charge on any atom is 0.335 e. The Morgan fingerprint density at radius 3 is 2.50 bits per heavy atom. The first-order chi connectivity index (χ1) is 18.4. The van der Waals surface area contributed by atoms with Crippen molar-refractivity contribution in [3.05, 3.63) is 93.1 Å². The molecule has 0 fully saturated rings. The number of carbonyl (C=O) groups is 2. The molecule has 194 valence electrons. The summed E-state index contributed by atoms with van der Waals surface area (Å²) in [5.41, 5.74) is 5.73. The molecule has 2 aromatic carbocycles. The molecule has 5 rings (SSSR count). The van der Waals surface area contributed by atoms with Gasteiger partial charge in [0.25, 0.3) is 5.91 Å². The van der Waals surface area contributed by atoms with Crippen molar-refractivity contribution in [2.24, 2.45) is 4.99 Å². The van der Waals surface area contributed by atoms with E-state index in [9.17, 15) is 9.59 Å². The molecule has 1 aliphatic carbocycles. The van der Waals surface area contributed by atoms with Crippen LogP contribution in [0.4, 0.5) is 10.7 Å². The molecular formula is C31H30N2O4S. The second-order valence-corrected chi connectivity index (χ2v) is 10.8. The zero-order valence-electron chi connectivity index (χ0n) is 21.5. The van der Waals surface area contributed by atoms with Crippen LogP contribution in [0.1, 0.15) is 73.7 Å². The number of rotatable bonds is 6. The third-order valence-corrected chi connectivity index (χ3v) is 8.07. The van der Waals surface area contributed by atoms with Crippen molar-refractivity contribution in [3.63, 3.8) is 0 Å². The number of carbonyl (C=O) groups excluding carboxylic acids is 1. The highest BCUT2D eigenvalue weighted by Crippen LogP contribution is 2.39. The number of nitrogens with one attached hydrogen (secondary N) is 1. The quantitative estimate of drug-likeness (QED) is 0.249. The van der Waals surface area contributed by atoms with Crippen molar-refractivity contribution in [1.82, 2.24) is 0 Å². The molecule has 6 nitrogen and oxygen atoms in total. The fraction of sp³-hybridized carbons (Fsp3) is 0.258. The van der Waals surface area contributed by atoms with E-state index in [2.05, 4.69) is 5.32 Å². The minimum Gasteiger partial charge on any atom is -0.478 e. The molecule has 1 amide bonds. The van der Waals surface area contributed by atoms with E-state index in [0.717, 1.165) is 53.6 Å². The molecule has 0 radical (unpaired) electrons. The molecular weight excluding hydrogens is 496 g/mol. The van der Waals surface area contributed by atoms with Crippen LogP contribution in [-0.4, -0.2) is 23.2 Å². The summed E-state index contributed by atoms with van der Waals surface area (Å²) in [6, 6.07) is 16.3. The minimum atomic E-state index is -0.966. The van der Waals surface area contributed by atoms with Gasteiger partial charge in [0, 0.05) is 16.1 Å². The molecule has 0 bridgehead atoms. The van der Waals surface area contributed by atoms with E-state index in [4.69, 9.17) is 14.5 Å². The lowest BCUT2D eigenvalue weighted by atomic mass is 9.96. The first kappa shape index (κ1) is 25.7. The summed E-state index contributed by atoms with van der Waals surface area (Å²) in [5, 5.41) is 13.0. The highest BCUT2D eigenvalue weighted by atomic mass is 32.1. The van der Waals surface area contributed by atoms with Gasteiger partial charge in [-0.05, 0) is 86.6 Å². The van der Waals surface area contributed by atoms with Crippen molar-refractivity contribution >= 4 is 40.1 Å². The van der Waals surface area contributed by atoms with Gasteiger partial charge in [-0.3, -0.25) is 4.79 Å². The van der Waals surface area contributed by atoms with Crippen LogP contribution in [0.25, 0.3) is 11.3 Å². The number of aliphatic imine (C=N–C) groups is 1. The van der Waals surface area contributed by atoms with Gasteiger partial charge in [-0.15, -0.1) is 11.3 Å². The number of anilines is 1. The largest absolute Gasteiger partial charge is 0.478 e. The Bertz CT molecular complexity index is 1510. The Kier molecular flexibility index (Phi) is 7.56. The zero-order valence-corrected chi connectivity index (χ0v) is 22.4. The van der Waals surface area contributed by atoms with E-state index in [1.807, 2.05) is 44.2 Å². The van der Waals surface area contributed by atoms with Gasteiger partial charge in [0.1, 0.15) is 16.5 Å². The van der Waals surface area contributed by atoms with E-state index < -0.39 is 5.97 Å². The Morgan fingerprint density at radius 1 is 0.974 bits per heavy atom. The van der Waals surface area contributed by atoms with Gasteiger partial charge >= 0.3 is 5.97 Å². The summed E-state index contributed by atoms with van der Waals surface area (Å²) in [6.07, 6.45) is 8.08. The van der Waals surface area contributed by atoms with Crippen LogP contribution in [0.3, 0.4) is 0 Å². The summed E-state index contributed by atoms with van der Waals surface area (Å²) < 4.78 is 5.97. The van der Waals surface area contributed by atoms with Crippen LogP contribution >= 0.6 is 11.3 Å². The lowest BCUT2D eigenvalue weighted by Gasteiger charge is -2.13. The van der Waals surface area contributed by atoms with Gasteiger partial charge in [0.05, 0.1) is 17.3 Å². The number of nitrogens with zero attached hydrogens (tertiary/aromatic N) is 1. The molecule has 2 heterocycles. The fourth-order valence-electron chi connectivity index (χ4n) is 4.76. The van der Waals surface area contributed by atoms with Gasteiger partial charge < -0.3 is 14.8 Å². The predicted molar refractivity (Wildman–Crippen MR) is 152 cm³/mol. The number of furan rings is 1. The second-order valence-electron chi connectivity index (χ2n) is 9.71. The number of hydrogen-bond acceptors (Lipinski definition) is 5. The van der Waals surface area contributed by atoms with Crippen molar-refractivity contribution in [1.29, 1.82) is 0 Å². The standard InChI is InChI=1S/C31H30N2O4S/c1-19-9-10-20(2)25(17-19)33-29(34)28-24-7-5-3-4-6-8-27(24)38-30(28)32-18-23-15-16-26(37-23)21-11-13-22(14-12-21)31(35)36/h9-18H,3-8H2,1-2H3,(H,33,34)(H,35,36). The summed E-state index contributed by atoms with van der Waals surface area (Å²) in [4.78, 5) is 30.8. The minimum absolute atomic E-state index is 0.123. The average molecular weight is 527 g/mol. The van der Waals surface area contributed by atoms with Gasteiger partial charge in [-0.25, -0.2) is 9.79 Å². The number of carboxylic acid groups (broad SMARTS) is 1. The molecule has 7 heteroatoms. The second kappa shape index (κ2) is 11.2. The molecule has 0 spiro atoms. The number of aryl methyl sites for hydroxylation is 3. The third kappa shape index (κ3) is 5.63. The number of carboxylic acids is 1. The summed E-state index contributed by atoms with van der Waals surface area (Å²) in [7, 11) is 0. The molecule has 38 heavy (non-hydrogen) atoms. The van der Waals surface area contributed by atoms with Crippen LogP contribution in [0.15, 0.2) is 64.0 Å². The van der Waals surface area contributed by atoms with E-state index >= 15 is 0 Å².